The summed E-state index contributed by atoms with van der Waals surface area (Å²) in [6.45, 7) is 1.93. The lowest BCUT2D eigenvalue weighted by molar-refractivity contribution is 0.197. The summed E-state index contributed by atoms with van der Waals surface area (Å²) >= 11 is 0. The number of piperidine rings is 1. The lowest BCUT2D eigenvalue weighted by Crippen LogP contribution is -2.50. The summed E-state index contributed by atoms with van der Waals surface area (Å²) in [5.41, 5.74) is 5.56. The minimum absolute atomic E-state index is 0.00296. The molecule has 0 saturated carbocycles. The SMILES string of the molecule is CC1CC(N)CN(S(=O)(=O)C(F)F)C1. The molecule has 0 bridgehead atoms. The molecule has 1 aliphatic rings. The van der Waals surface area contributed by atoms with Crippen LogP contribution in [-0.2, 0) is 10.0 Å². The van der Waals surface area contributed by atoms with Gasteiger partial charge in [-0.2, -0.15) is 13.1 Å². The third kappa shape index (κ3) is 2.40. The zero-order chi connectivity index (χ0) is 10.9. The van der Waals surface area contributed by atoms with Crippen molar-refractivity contribution in [3.8, 4) is 0 Å². The van der Waals surface area contributed by atoms with E-state index in [2.05, 4.69) is 0 Å². The van der Waals surface area contributed by atoms with Crippen LogP contribution in [-0.4, -0.2) is 37.6 Å². The van der Waals surface area contributed by atoms with Gasteiger partial charge in [0.25, 0.3) is 10.0 Å². The normalized spacial score (nSPS) is 30.9. The zero-order valence-corrected chi connectivity index (χ0v) is 8.68. The van der Waals surface area contributed by atoms with Crippen LogP contribution >= 0.6 is 0 Å². The van der Waals surface area contributed by atoms with Crippen LogP contribution in [0.3, 0.4) is 0 Å². The quantitative estimate of drug-likeness (QED) is 0.734. The lowest BCUT2D eigenvalue weighted by Gasteiger charge is -2.33. The Balaban J connectivity index is 2.78. The number of alkyl halides is 2. The molecule has 1 fully saturated rings. The molecule has 1 saturated heterocycles. The standard InChI is InChI=1S/C7H14F2N2O2S/c1-5-2-6(10)4-11(3-5)14(12,13)7(8)9/h5-7H,2-4,10H2,1H3. The molecule has 2 unspecified atom stereocenters. The predicted molar refractivity (Wildman–Crippen MR) is 48.3 cm³/mol. The summed E-state index contributed by atoms with van der Waals surface area (Å²) in [6, 6.07) is -0.340. The molecule has 1 heterocycles. The van der Waals surface area contributed by atoms with Crippen LogP contribution in [0.4, 0.5) is 8.78 Å². The first-order valence-corrected chi connectivity index (χ1v) is 5.87. The van der Waals surface area contributed by atoms with E-state index < -0.39 is 15.8 Å². The number of hydrogen-bond acceptors (Lipinski definition) is 3. The highest BCUT2D eigenvalue weighted by Crippen LogP contribution is 2.21. The van der Waals surface area contributed by atoms with Gasteiger partial charge in [-0.1, -0.05) is 6.92 Å². The number of halogens is 2. The van der Waals surface area contributed by atoms with E-state index >= 15 is 0 Å². The van der Waals surface area contributed by atoms with Gasteiger partial charge in [0, 0.05) is 19.1 Å². The topological polar surface area (TPSA) is 63.4 Å². The molecule has 0 spiro atoms. The maximum Gasteiger partial charge on any atom is 0.350 e. The van der Waals surface area contributed by atoms with Crippen LogP contribution < -0.4 is 5.73 Å². The highest BCUT2D eigenvalue weighted by atomic mass is 32.2. The highest BCUT2D eigenvalue weighted by Gasteiger charge is 2.36. The Morgan fingerprint density at radius 3 is 2.43 bits per heavy atom. The van der Waals surface area contributed by atoms with Crippen LogP contribution in [0.25, 0.3) is 0 Å². The van der Waals surface area contributed by atoms with Crippen molar-refractivity contribution in [1.82, 2.24) is 4.31 Å². The summed E-state index contributed by atoms with van der Waals surface area (Å²) in [5.74, 6) is -3.31. The van der Waals surface area contributed by atoms with E-state index in [0.29, 0.717) is 6.42 Å². The Hall–Kier alpha value is -0.270. The molecule has 1 rings (SSSR count). The van der Waals surface area contributed by atoms with E-state index in [-0.39, 0.29) is 25.0 Å². The van der Waals surface area contributed by atoms with Gasteiger partial charge in [0.05, 0.1) is 0 Å². The fourth-order valence-electron chi connectivity index (χ4n) is 1.67. The minimum Gasteiger partial charge on any atom is -0.326 e. The van der Waals surface area contributed by atoms with Crippen molar-refractivity contribution in [3.63, 3.8) is 0 Å². The summed E-state index contributed by atoms with van der Waals surface area (Å²) in [5, 5.41) is 0. The molecule has 84 valence electrons. The molecular weight excluding hydrogens is 214 g/mol. The number of hydrogen-bond donors (Lipinski definition) is 1. The minimum atomic E-state index is -4.45. The van der Waals surface area contributed by atoms with Gasteiger partial charge in [-0.3, -0.25) is 0 Å². The molecule has 2 N–H and O–H groups in total. The second-order valence-electron chi connectivity index (χ2n) is 3.72. The summed E-state index contributed by atoms with van der Waals surface area (Å²) in [6.07, 6.45) is 0.676. The average molecular weight is 228 g/mol. The smallest absolute Gasteiger partial charge is 0.326 e. The van der Waals surface area contributed by atoms with Crippen molar-refractivity contribution < 1.29 is 17.2 Å². The summed E-state index contributed by atoms with van der Waals surface area (Å²) < 4.78 is 47.3. The Kier molecular flexibility index (Phi) is 3.44. The second-order valence-corrected chi connectivity index (χ2v) is 5.63. The predicted octanol–water partition coefficient (Wildman–Crippen LogP) is 0.208. The van der Waals surface area contributed by atoms with Crippen LogP contribution in [0.15, 0.2) is 0 Å². The van der Waals surface area contributed by atoms with Gasteiger partial charge in [0.1, 0.15) is 0 Å². The molecule has 7 heteroatoms. The molecule has 0 aliphatic carbocycles. The number of nitrogens with zero attached hydrogens (tertiary/aromatic N) is 1. The Morgan fingerprint density at radius 2 is 2.00 bits per heavy atom. The van der Waals surface area contributed by atoms with Crippen LogP contribution in [0, 0.1) is 5.92 Å². The molecule has 0 amide bonds. The maximum atomic E-state index is 12.2. The third-order valence-electron chi connectivity index (χ3n) is 2.24. The van der Waals surface area contributed by atoms with E-state index in [1.807, 2.05) is 0 Å². The van der Waals surface area contributed by atoms with Crippen molar-refractivity contribution >= 4 is 10.0 Å². The van der Waals surface area contributed by atoms with E-state index in [4.69, 9.17) is 5.73 Å². The highest BCUT2D eigenvalue weighted by molar-refractivity contribution is 7.89. The molecule has 0 aromatic carbocycles. The molecule has 14 heavy (non-hydrogen) atoms. The van der Waals surface area contributed by atoms with Gasteiger partial charge in [0.15, 0.2) is 0 Å². The molecule has 4 nitrogen and oxygen atoms in total. The molecule has 1 aliphatic heterocycles. The number of rotatable bonds is 2. The Bertz CT molecular complexity index is 284. The first kappa shape index (κ1) is 11.8. The van der Waals surface area contributed by atoms with E-state index in [9.17, 15) is 17.2 Å². The van der Waals surface area contributed by atoms with Crippen molar-refractivity contribution in [2.24, 2.45) is 11.7 Å². The largest absolute Gasteiger partial charge is 0.350 e. The first-order chi connectivity index (χ1) is 6.34. The molecule has 0 aromatic heterocycles. The lowest BCUT2D eigenvalue weighted by atomic mass is 9.99. The Morgan fingerprint density at radius 1 is 1.43 bits per heavy atom. The van der Waals surface area contributed by atoms with Gasteiger partial charge in [-0.05, 0) is 12.3 Å². The molecular formula is C7H14F2N2O2S. The van der Waals surface area contributed by atoms with Crippen LogP contribution in [0.1, 0.15) is 13.3 Å². The van der Waals surface area contributed by atoms with Gasteiger partial charge in [-0.15, -0.1) is 0 Å². The molecule has 2 atom stereocenters. The Labute approximate surface area is 82.1 Å². The van der Waals surface area contributed by atoms with Gasteiger partial charge in [0.2, 0.25) is 0 Å². The number of sulfonamides is 1. The average Bonchev–Trinajstić information content (AvgIpc) is 2.01. The van der Waals surface area contributed by atoms with Gasteiger partial charge in [-0.25, -0.2) is 8.42 Å². The molecule has 0 aromatic rings. The van der Waals surface area contributed by atoms with Crippen LogP contribution in [0.2, 0.25) is 0 Å². The fourth-order valence-corrected chi connectivity index (χ4v) is 2.76. The van der Waals surface area contributed by atoms with Crippen molar-refractivity contribution in [2.75, 3.05) is 13.1 Å². The summed E-state index contributed by atoms with van der Waals surface area (Å²) in [7, 11) is -4.45. The fraction of sp³-hybridized carbons (Fsp3) is 1.00. The van der Waals surface area contributed by atoms with E-state index in [0.717, 1.165) is 4.31 Å². The van der Waals surface area contributed by atoms with Gasteiger partial charge < -0.3 is 5.73 Å². The van der Waals surface area contributed by atoms with Crippen LogP contribution in [0.5, 0.6) is 0 Å². The third-order valence-corrected chi connectivity index (χ3v) is 3.71. The van der Waals surface area contributed by atoms with Crippen molar-refractivity contribution in [2.45, 2.75) is 25.1 Å². The summed E-state index contributed by atoms with van der Waals surface area (Å²) in [4.78, 5) is 0. The monoisotopic (exact) mass is 228 g/mol. The van der Waals surface area contributed by atoms with Crippen molar-refractivity contribution in [3.05, 3.63) is 0 Å². The van der Waals surface area contributed by atoms with Gasteiger partial charge >= 0.3 is 5.76 Å². The van der Waals surface area contributed by atoms with E-state index in [1.54, 1.807) is 6.92 Å². The molecule has 0 radical (unpaired) electrons. The van der Waals surface area contributed by atoms with E-state index in [1.165, 1.54) is 0 Å². The van der Waals surface area contributed by atoms with Crippen molar-refractivity contribution in [1.29, 1.82) is 0 Å². The number of nitrogens with two attached hydrogens (primary N) is 1. The zero-order valence-electron chi connectivity index (χ0n) is 7.86. The first-order valence-electron chi connectivity index (χ1n) is 4.36. The second kappa shape index (κ2) is 4.08. The maximum absolute atomic E-state index is 12.2.